The number of nitrogens with zero attached hydrogens (tertiary/aromatic N) is 1. The summed E-state index contributed by atoms with van der Waals surface area (Å²) in [6.07, 6.45) is 7.79. The number of β-amino-alcohol motifs (C(OH)–C–C–N with tert-alkyl or cyclic N) is 1. The lowest BCUT2D eigenvalue weighted by atomic mass is 10.00. The predicted molar refractivity (Wildman–Crippen MR) is 76.7 cm³/mol. The van der Waals surface area contributed by atoms with Gasteiger partial charge in [0.05, 0.1) is 11.0 Å². The molecule has 0 saturated carbocycles. The van der Waals surface area contributed by atoms with E-state index in [1.54, 1.807) is 16.2 Å². The van der Waals surface area contributed by atoms with Crippen molar-refractivity contribution in [3.8, 4) is 0 Å². The normalized spacial score (nSPS) is 23.8. The van der Waals surface area contributed by atoms with Crippen LogP contribution in [0.3, 0.4) is 0 Å². The summed E-state index contributed by atoms with van der Waals surface area (Å²) in [4.78, 5) is 16.5. The van der Waals surface area contributed by atoms with Crippen LogP contribution in [0.15, 0.2) is 6.07 Å². The predicted octanol–water partition coefficient (Wildman–Crippen LogP) is 2.61. The van der Waals surface area contributed by atoms with Gasteiger partial charge in [-0.2, -0.15) is 0 Å². The molecule has 1 atom stereocenters. The number of likely N-dealkylation sites (tertiary alicyclic amines) is 1. The molecule has 1 saturated heterocycles. The lowest BCUT2D eigenvalue weighted by Gasteiger charge is -2.13. The van der Waals surface area contributed by atoms with Crippen LogP contribution in [-0.2, 0) is 12.8 Å². The van der Waals surface area contributed by atoms with Crippen LogP contribution in [0.2, 0.25) is 0 Å². The maximum atomic E-state index is 12.4. The van der Waals surface area contributed by atoms with E-state index >= 15 is 0 Å². The van der Waals surface area contributed by atoms with E-state index in [0.29, 0.717) is 13.1 Å². The number of thiophene rings is 1. The Kier molecular flexibility index (Phi) is 3.89. The lowest BCUT2D eigenvalue weighted by molar-refractivity contribution is 0.0769. The number of hydrogen-bond donors (Lipinski definition) is 1. The first-order chi connectivity index (χ1) is 9.24. The molecular formula is C15H21NO2S. The number of aryl methyl sites for hydroxylation is 2. The largest absolute Gasteiger partial charge is 0.391 e. The molecule has 0 unspecified atom stereocenters. The van der Waals surface area contributed by atoms with E-state index < -0.39 is 0 Å². The van der Waals surface area contributed by atoms with E-state index in [1.807, 2.05) is 0 Å². The molecule has 0 radical (unpaired) electrons. The molecule has 1 fully saturated rings. The second kappa shape index (κ2) is 5.63. The summed E-state index contributed by atoms with van der Waals surface area (Å²) in [6.45, 7) is 1.20. The van der Waals surface area contributed by atoms with Crippen molar-refractivity contribution in [3.05, 3.63) is 21.4 Å². The summed E-state index contributed by atoms with van der Waals surface area (Å²) in [5, 5.41) is 9.54. The van der Waals surface area contributed by atoms with E-state index in [0.717, 1.165) is 24.1 Å². The zero-order chi connectivity index (χ0) is 13.2. The van der Waals surface area contributed by atoms with Crippen LogP contribution in [0.5, 0.6) is 0 Å². The number of amides is 1. The molecule has 1 aromatic heterocycles. The number of aliphatic hydroxyl groups excluding tert-OH is 1. The minimum atomic E-state index is -0.329. The first-order valence-corrected chi connectivity index (χ1v) is 8.14. The second-order valence-electron chi connectivity index (χ2n) is 5.67. The summed E-state index contributed by atoms with van der Waals surface area (Å²) >= 11 is 1.68. The van der Waals surface area contributed by atoms with Crippen molar-refractivity contribution >= 4 is 17.2 Å². The molecule has 1 aromatic rings. The van der Waals surface area contributed by atoms with E-state index in [-0.39, 0.29) is 12.0 Å². The van der Waals surface area contributed by atoms with E-state index in [4.69, 9.17) is 0 Å². The zero-order valence-corrected chi connectivity index (χ0v) is 12.0. The highest BCUT2D eigenvalue weighted by molar-refractivity contribution is 7.14. The van der Waals surface area contributed by atoms with Crippen molar-refractivity contribution in [3.63, 3.8) is 0 Å². The topological polar surface area (TPSA) is 40.5 Å². The molecule has 2 heterocycles. The Morgan fingerprint density at radius 2 is 2.05 bits per heavy atom. The monoisotopic (exact) mass is 279 g/mol. The molecule has 104 valence electrons. The van der Waals surface area contributed by atoms with Gasteiger partial charge in [0.25, 0.3) is 5.91 Å². The summed E-state index contributed by atoms with van der Waals surface area (Å²) in [5.41, 5.74) is 1.40. The maximum absolute atomic E-state index is 12.4. The first kappa shape index (κ1) is 13.1. The fourth-order valence-electron chi connectivity index (χ4n) is 3.03. The Morgan fingerprint density at radius 3 is 2.79 bits per heavy atom. The molecule has 0 aromatic carbocycles. The molecule has 4 heteroatoms. The number of aliphatic hydroxyl groups is 1. The highest BCUT2D eigenvalue weighted by atomic mass is 32.1. The summed E-state index contributed by atoms with van der Waals surface area (Å²) < 4.78 is 0. The third-order valence-corrected chi connectivity index (χ3v) is 5.38. The SMILES string of the molecule is O=C(c1cc2c(s1)CCCCCC2)N1CC[C@@H](O)C1. The standard InChI is InChI=1S/C15H21NO2S/c17-12-7-8-16(10-12)15(18)14-9-11-5-3-1-2-4-6-13(11)19-14/h9,12,17H,1-8,10H2/t12-/m1/s1. The molecule has 1 aliphatic carbocycles. The Balaban J connectivity index is 1.77. The van der Waals surface area contributed by atoms with Crippen LogP contribution < -0.4 is 0 Å². The minimum Gasteiger partial charge on any atom is -0.391 e. The van der Waals surface area contributed by atoms with Crippen molar-refractivity contribution in [2.45, 2.75) is 51.0 Å². The first-order valence-electron chi connectivity index (χ1n) is 7.33. The fourth-order valence-corrected chi connectivity index (χ4v) is 4.25. The molecular weight excluding hydrogens is 258 g/mol. The van der Waals surface area contributed by atoms with Crippen molar-refractivity contribution < 1.29 is 9.90 Å². The smallest absolute Gasteiger partial charge is 0.264 e. The van der Waals surface area contributed by atoms with Crippen LogP contribution >= 0.6 is 11.3 Å². The number of carbonyl (C=O) groups is 1. The van der Waals surface area contributed by atoms with Gasteiger partial charge in [-0.25, -0.2) is 0 Å². The van der Waals surface area contributed by atoms with Gasteiger partial charge in [0.1, 0.15) is 0 Å². The molecule has 0 bridgehead atoms. The van der Waals surface area contributed by atoms with E-state index in [1.165, 1.54) is 36.1 Å². The number of rotatable bonds is 1. The van der Waals surface area contributed by atoms with Gasteiger partial charge in [-0.3, -0.25) is 4.79 Å². The van der Waals surface area contributed by atoms with Crippen LogP contribution in [0.25, 0.3) is 0 Å². The Hall–Kier alpha value is -0.870. The second-order valence-corrected chi connectivity index (χ2v) is 6.80. The van der Waals surface area contributed by atoms with E-state index in [9.17, 15) is 9.90 Å². The van der Waals surface area contributed by atoms with Gasteiger partial charge in [0.2, 0.25) is 0 Å². The molecule has 2 aliphatic rings. The van der Waals surface area contributed by atoms with Crippen LogP contribution in [0, 0.1) is 0 Å². The van der Waals surface area contributed by atoms with Gasteiger partial charge in [0, 0.05) is 18.0 Å². The van der Waals surface area contributed by atoms with Gasteiger partial charge < -0.3 is 10.0 Å². The maximum Gasteiger partial charge on any atom is 0.264 e. The quantitative estimate of drug-likeness (QED) is 0.858. The minimum absolute atomic E-state index is 0.119. The number of fused-ring (bicyclic) bond motifs is 1. The van der Waals surface area contributed by atoms with Gasteiger partial charge in [-0.05, 0) is 43.7 Å². The molecule has 19 heavy (non-hydrogen) atoms. The van der Waals surface area contributed by atoms with Crippen molar-refractivity contribution in [2.24, 2.45) is 0 Å². The highest BCUT2D eigenvalue weighted by Gasteiger charge is 2.27. The van der Waals surface area contributed by atoms with Crippen molar-refractivity contribution in [1.82, 2.24) is 4.90 Å². The van der Waals surface area contributed by atoms with Gasteiger partial charge in [-0.15, -0.1) is 11.3 Å². The Bertz CT molecular complexity index is 443. The molecule has 3 nitrogen and oxygen atoms in total. The summed E-state index contributed by atoms with van der Waals surface area (Å²) in [5.74, 6) is 0.119. The summed E-state index contributed by atoms with van der Waals surface area (Å²) in [7, 11) is 0. The van der Waals surface area contributed by atoms with Crippen molar-refractivity contribution in [2.75, 3.05) is 13.1 Å². The van der Waals surface area contributed by atoms with Gasteiger partial charge in [0.15, 0.2) is 0 Å². The third kappa shape index (κ3) is 2.84. The fraction of sp³-hybridized carbons (Fsp3) is 0.667. The van der Waals surface area contributed by atoms with Crippen molar-refractivity contribution in [1.29, 1.82) is 0 Å². The molecule has 1 aliphatic heterocycles. The molecule has 3 rings (SSSR count). The van der Waals surface area contributed by atoms with Crippen LogP contribution in [-0.4, -0.2) is 35.1 Å². The van der Waals surface area contributed by atoms with Crippen LogP contribution in [0.4, 0.5) is 0 Å². The third-order valence-electron chi connectivity index (χ3n) is 4.16. The number of carbonyl (C=O) groups excluding carboxylic acids is 1. The highest BCUT2D eigenvalue weighted by Crippen LogP contribution is 2.29. The Morgan fingerprint density at radius 1 is 1.26 bits per heavy atom. The Labute approximate surface area is 118 Å². The number of hydrogen-bond acceptors (Lipinski definition) is 3. The molecule has 1 amide bonds. The van der Waals surface area contributed by atoms with Gasteiger partial charge >= 0.3 is 0 Å². The molecule has 0 spiro atoms. The van der Waals surface area contributed by atoms with E-state index in [2.05, 4.69) is 6.07 Å². The molecule has 1 N–H and O–H groups in total. The van der Waals surface area contributed by atoms with Crippen LogP contribution in [0.1, 0.15) is 52.2 Å². The zero-order valence-electron chi connectivity index (χ0n) is 11.2. The average Bonchev–Trinajstić information content (AvgIpc) is 2.95. The lowest BCUT2D eigenvalue weighted by Crippen LogP contribution is -2.28. The summed E-state index contributed by atoms with van der Waals surface area (Å²) in [6, 6.07) is 2.11. The average molecular weight is 279 g/mol. The van der Waals surface area contributed by atoms with Gasteiger partial charge in [-0.1, -0.05) is 12.8 Å².